The molecular formula is C24H23FN4O3. The Morgan fingerprint density at radius 2 is 1.97 bits per heavy atom. The summed E-state index contributed by atoms with van der Waals surface area (Å²) < 4.78 is 14.8. The number of pyridine rings is 2. The third-order valence-electron chi connectivity index (χ3n) is 5.56. The first kappa shape index (κ1) is 21.4. The van der Waals surface area contributed by atoms with Gasteiger partial charge in [-0.25, -0.2) is 4.39 Å². The first-order valence-corrected chi connectivity index (χ1v) is 10.5. The van der Waals surface area contributed by atoms with Gasteiger partial charge in [0, 0.05) is 50.3 Å². The molecule has 3 heterocycles. The standard InChI is InChI=1S/C24H23FN4O3/c1-2-21(30)28-11-9-20-17(14-28)15-29(19-7-5-18(25)6-8-19)24(32)22(20)23(31)27-13-16-4-3-10-26-12-16/h3-8,10,12,15H,2,9,11,13-14H2,1H3,(H,27,31). The van der Waals surface area contributed by atoms with E-state index in [1.54, 1.807) is 36.5 Å². The molecule has 0 aliphatic carbocycles. The zero-order valence-electron chi connectivity index (χ0n) is 17.7. The van der Waals surface area contributed by atoms with E-state index in [1.165, 1.54) is 28.8 Å². The summed E-state index contributed by atoms with van der Waals surface area (Å²) in [4.78, 5) is 44.5. The van der Waals surface area contributed by atoms with Crippen molar-refractivity contribution in [1.29, 1.82) is 0 Å². The van der Waals surface area contributed by atoms with Crippen molar-refractivity contribution in [2.75, 3.05) is 6.54 Å². The van der Waals surface area contributed by atoms with Gasteiger partial charge in [-0.1, -0.05) is 13.0 Å². The summed E-state index contributed by atoms with van der Waals surface area (Å²) in [6.07, 6.45) is 5.73. The summed E-state index contributed by atoms with van der Waals surface area (Å²) in [6, 6.07) is 9.09. The van der Waals surface area contributed by atoms with Crippen LogP contribution in [0.5, 0.6) is 0 Å². The van der Waals surface area contributed by atoms with E-state index in [0.717, 1.165) is 11.1 Å². The van der Waals surface area contributed by atoms with Gasteiger partial charge in [0.05, 0.1) is 0 Å². The lowest BCUT2D eigenvalue weighted by molar-refractivity contribution is -0.131. The van der Waals surface area contributed by atoms with Crippen LogP contribution >= 0.6 is 0 Å². The van der Waals surface area contributed by atoms with Crippen molar-refractivity contribution in [1.82, 2.24) is 19.8 Å². The molecule has 32 heavy (non-hydrogen) atoms. The lowest BCUT2D eigenvalue weighted by Crippen LogP contribution is -2.41. The van der Waals surface area contributed by atoms with Gasteiger partial charge < -0.3 is 10.2 Å². The maximum Gasteiger partial charge on any atom is 0.268 e. The molecule has 2 amide bonds. The molecule has 0 unspecified atom stereocenters. The molecule has 1 aliphatic heterocycles. The van der Waals surface area contributed by atoms with Crippen molar-refractivity contribution >= 4 is 11.8 Å². The number of hydrogen-bond acceptors (Lipinski definition) is 4. The van der Waals surface area contributed by atoms with Crippen LogP contribution in [0.1, 0.15) is 40.4 Å². The molecule has 1 N–H and O–H groups in total. The molecule has 3 aromatic rings. The van der Waals surface area contributed by atoms with E-state index in [9.17, 15) is 18.8 Å². The molecule has 164 valence electrons. The van der Waals surface area contributed by atoms with Crippen molar-refractivity contribution in [2.45, 2.75) is 32.9 Å². The van der Waals surface area contributed by atoms with E-state index < -0.39 is 17.3 Å². The molecule has 0 radical (unpaired) electrons. The smallest absolute Gasteiger partial charge is 0.268 e. The molecule has 4 rings (SSSR count). The highest BCUT2D eigenvalue weighted by Gasteiger charge is 2.28. The Hall–Kier alpha value is -3.81. The Bertz CT molecular complexity index is 1210. The van der Waals surface area contributed by atoms with Crippen LogP contribution < -0.4 is 10.9 Å². The van der Waals surface area contributed by atoms with Crippen LogP contribution in [0, 0.1) is 5.82 Å². The Morgan fingerprint density at radius 1 is 1.19 bits per heavy atom. The fraction of sp³-hybridized carbons (Fsp3) is 0.250. The predicted octanol–water partition coefficient (Wildman–Crippen LogP) is 2.60. The quantitative estimate of drug-likeness (QED) is 0.669. The molecule has 0 saturated carbocycles. The summed E-state index contributed by atoms with van der Waals surface area (Å²) in [5.74, 6) is -0.895. The monoisotopic (exact) mass is 434 g/mol. The number of rotatable bonds is 5. The highest BCUT2D eigenvalue weighted by molar-refractivity contribution is 5.96. The summed E-state index contributed by atoms with van der Waals surface area (Å²) in [5.41, 5.74) is 2.21. The van der Waals surface area contributed by atoms with Gasteiger partial charge in [-0.15, -0.1) is 0 Å². The number of carbonyl (C=O) groups is 2. The third kappa shape index (κ3) is 4.30. The zero-order chi connectivity index (χ0) is 22.7. The first-order valence-electron chi connectivity index (χ1n) is 10.5. The average molecular weight is 434 g/mol. The van der Waals surface area contributed by atoms with Crippen molar-refractivity contribution in [2.24, 2.45) is 0 Å². The van der Waals surface area contributed by atoms with E-state index in [4.69, 9.17) is 0 Å². The number of nitrogens with zero attached hydrogens (tertiary/aromatic N) is 3. The summed E-state index contributed by atoms with van der Waals surface area (Å²) in [7, 11) is 0. The number of nitrogens with one attached hydrogen (secondary N) is 1. The number of hydrogen-bond donors (Lipinski definition) is 1. The fourth-order valence-corrected chi connectivity index (χ4v) is 3.89. The number of carbonyl (C=O) groups excluding carboxylic acids is 2. The number of benzene rings is 1. The van der Waals surface area contributed by atoms with Crippen LogP contribution in [0.15, 0.2) is 59.8 Å². The Balaban J connectivity index is 1.76. The van der Waals surface area contributed by atoms with E-state index in [0.29, 0.717) is 37.2 Å². The van der Waals surface area contributed by atoms with Gasteiger partial charge in [0.15, 0.2) is 0 Å². The number of aromatic nitrogens is 2. The maximum absolute atomic E-state index is 13.4. The molecule has 7 nitrogen and oxygen atoms in total. The minimum Gasteiger partial charge on any atom is -0.348 e. The second-order valence-corrected chi connectivity index (χ2v) is 7.62. The van der Waals surface area contributed by atoms with E-state index in [-0.39, 0.29) is 18.0 Å². The average Bonchev–Trinajstić information content (AvgIpc) is 2.82. The normalized spacial score (nSPS) is 12.9. The second-order valence-electron chi connectivity index (χ2n) is 7.62. The molecule has 0 fully saturated rings. The molecule has 1 aromatic carbocycles. The molecule has 8 heteroatoms. The third-order valence-corrected chi connectivity index (χ3v) is 5.56. The second kappa shape index (κ2) is 9.13. The number of halogens is 1. The van der Waals surface area contributed by atoms with Gasteiger partial charge in [-0.3, -0.25) is 23.9 Å². The fourth-order valence-electron chi connectivity index (χ4n) is 3.89. The minimum absolute atomic E-state index is 0.0118. The van der Waals surface area contributed by atoms with Crippen LogP contribution in [-0.2, 0) is 24.3 Å². The van der Waals surface area contributed by atoms with Crippen LogP contribution in [-0.4, -0.2) is 32.8 Å². The van der Waals surface area contributed by atoms with Crippen molar-refractivity contribution in [3.8, 4) is 5.69 Å². The van der Waals surface area contributed by atoms with E-state index in [1.807, 2.05) is 6.07 Å². The maximum atomic E-state index is 13.4. The van der Waals surface area contributed by atoms with Gasteiger partial charge in [0.1, 0.15) is 11.4 Å². The summed E-state index contributed by atoms with van der Waals surface area (Å²) in [5, 5.41) is 2.81. The van der Waals surface area contributed by atoms with Crippen molar-refractivity contribution in [3.05, 3.63) is 93.4 Å². The lowest BCUT2D eigenvalue weighted by Gasteiger charge is -2.30. The van der Waals surface area contributed by atoms with Gasteiger partial charge in [0.25, 0.3) is 11.5 Å². The number of amides is 2. The lowest BCUT2D eigenvalue weighted by atomic mass is 9.95. The number of fused-ring (bicyclic) bond motifs is 1. The molecular weight excluding hydrogens is 411 g/mol. The minimum atomic E-state index is -0.484. The van der Waals surface area contributed by atoms with Crippen LogP contribution in [0.3, 0.4) is 0 Å². The molecule has 0 bridgehead atoms. The summed E-state index contributed by atoms with van der Waals surface area (Å²) >= 11 is 0. The molecule has 0 saturated heterocycles. The highest BCUT2D eigenvalue weighted by Crippen LogP contribution is 2.23. The Labute approximate surface area is 184 Å². The molecule has 2 aromatic heterocycles. The van der Waals surface area contributed by atoms with Crippen LogP contribution in [0.25, 0.3) is 5.69 Å². The van der Waals surface area contributed by atoms with Gasteiger partial charge in [-0.05, 0) is 53.4 Å². The van der Waals surface area contributed by atoms with Crippen molar-refractivity contribution in [3.63, 3.8) is 0 Å². The highest BCUT2D eigenvalue weighted by atomic mass is 19.1. The van der Waals surface area contributed by atoms with Gasteiger partial charge in [-0.2, -0.15) is 0 Å². The van der Waals surface area contributed by atoms with E-state index in [2.05, 4.69) is 10.3 Å². The van der Waals surface area contributed by atoms with Gasteiger partial charge >= 0.3 is 0 Å². The summed E-state index contributed by atoms with van der Waals surface area (Å²) in [6.45, 7) is 2.79. The predicted molar refractivity (Wildman–Crippen MR) is 117 cm³/mol. The van der Waals surface area contributed by atoms with Crippen LogP contribution in [0.4, 0.5) is 4.39 Å². The molecule has 1 aliphatic rings. The topological polar surface area (TPSA) is 84.3 Å². The SMILES string of the molecule is CCC(=O)N1CCc2c(cn(-c3ccc(F)cc3)c(=O)c2C(=O)NCc2cccnc2)C1. The largest absolute Gasteiger partial charge is 0.348 e. The molecule has 0 atom stereocenters. The van der Waals surface area contributed by atoms with Crippen LogP contribution in [0.2, 0.25) is 0 Å². The van der Waals surface area contributed by atoms with Crippen molar-refractivity contribution < 1.29 is 14.0 Å². The Morgan fingerprint density at radius 3 is 2.66 bits per heavy atom. The first-order chi connectivity index (χ1) is 15.5. The zero-order valence-corrected chi connectivity index (χ0v) is 17.7. The van der Waals surface area contributed by atoms with Gasteiger partial charge in [0.2, 0.25) is 5.91 Å². The van der Waals surface area contributed by atoms with E-state index >= 15 is 0 Å². The molecule has 0 spiro atoms. The Kier molecular flexibility index (Phi) is 6.11.